The van der Waals surface area contributed by atoms with E-state index >= 15 is 0 Å². The number of carbonyl (C=O) groups excluding carboxylic acids is 2. The Balaban J connectivity index is 2.59. The van der Waals surface area contributed by atoms with E-state index in [1.54, 1.807) is 6.92 Å². The minimum Gasteiger partial charge on any atom is -0.388 e. The lowest BCUT2D eigenvalue weighted by Gasteiger charge is -2.29. The van der Waals surface area contributed by atoms with Gasteiger partial charge in [0.05, 0.1) is 10.6 Å². The first-order valence-electron chi connectivity index (χ1n) is 6.94. The standard InChI is InChI=1S/C15H20ClFN2O3/c1-4-9(2)15(3,22)8-18-13(20)14(21)19-10-5-6-12(17)11(16)7-10/h5-7,9,22H,4,8H2,1-3H3,(H,18,20)(H,19,21)/t9-,15-/m1/s1. The van der Waals surface area contributed by atoms with Crippen LogP contribution in [0.4, 0.5) is 10.1 Å². The van der Waals surface area contributed by atoms with Crippen LogP contribution in [-0.2, 0) is 9.59 Å². The van der Waals surface area contributed by atoms with E-state index in [1.165, 1.54) is 12.1 Å². The normalized spacial score (nSPS) is 14.8. The predicted molar refractivity (Wildman–Crippen MR) is 83.1 cm³/mol. The molecule has 3 N–H and O–H groups in total. The summed E-state index contributed by atoms with van der Waals surface area (Å²) in [5.74, 6) is -2.45. The Morgan fingerprint density at radius 2 is 2.05 bits per heavy atom. The molecule has 22 heavy (non-hydrogen) atoms. The van der Waals surface area contributed by atoms with E-state index < -0.39 is 23.2 Å². The predicted octanol–water partition coefficient (Wildman–Crippen LogP) is 2.33. The number of halogens is 2. The molecule has 2 atom stereocenters. The number of hydrogen-bond acceptors (Lipinski definition) is 3. The fourth-order valence-corrected chi connectivity index (χ4v) is 1.90. The third-order valence-electron chi connectivity index (χ3n) is 3.66. The molecule has 0 aliphatic carbocycles. The van der Waals surface area contributed by atoms with Crippen molar-refractivity contribution in [2.75, 3.05) is 11.9 Å². The quantitative estimate of drug-likeness (QED) is 0.725. The van der Waals surface area contributed by atoms with Crippen LogP contribution in [0.15, 0.2) is 18.2 Å². The molecular formula is C15H20ClFN2O3. The Labute approximate surface area is 133 Å². The van der Waals surface area contributed by atoms with Crippen LogP contribution >= 0.6 is 11.6 Å². The number of nitrogens with one attached hydrogen (secondary N) is 2. The highest BCUT2D eigenvalue weighted by molar-refractivity contribution is 6.39. The van der Waals surface area contributed by atoms with Crippen LogP contribution in [-0.4, -0.2) is 29.1 Å². The van der Waals surface area contributed by atoms with Crippen molar-refractivity contribution in [3.8, 4) is 0 Å². The van der Waals surface area contributed by atoms with Crippen molar-refractivity contribution in [2.45, 2.75) is 32.8 Å². The lowest BCUT2D eigenvalue weighted by Crippen LogP contribution is -2.47. The first-order valence-corrected chi connectivity index (χ1v) is 7.31. The van der Waals surface area contributed by atoms with Crippen molar-refractivity contribution in [3.05, 3.63) is 29.0 Å². The van der Waals surface area contributed by atoms with Crippen LogP contribution in [0.25, 0.3) is 0 Å². The third kappa shape index (κ3) is 4.96. The van der Waals surface area contributed by atoms with Gasteiger partial charge in [0, 0.05) is 12.2 Å². The van der Waals surface area contributed by atoms with Gasteiger partial charge in [-0.2, -0.15) is 0 Å². The fourth-order valence-electron chi connectivity index (χ4n) is 1.72. The van der Waals surface area contributed by atoms with E-state index in [-0.39, 0.29) is 23.2 Å². The van der Waals surface area contributed by atoms with Crippen LogP contribution < -0.4 is 10.6 Å². The molecule has 0 spiro atoms. The van der Waals surface area contributed by atoms with E-state index in [0.29, 0.717) is 0 Å². The maximum absolute atomic E-state index is 13.0. The summed E-state index contributed by atoms with van der Waals surface area (Å²) in [4.78, 5) is 23.4. The first-order chi connectivity index (χ1) is 10.2. The second-order valence-electron chi connectivity index (χ2n) is 5.43. The van der Waals surface area contributed by atoms with Gasteiger partial charge in [-0.05, 0) is 31.0 Å². The van der Waals surface area contributed by atoms with Crippen molar-refractivity contribution in [1.29, 1.82) is 0 Å². The number of aliphatic hydroxyl groups is 1. The Morgan fingerprint density at radius 3 is 2.59 bits per heavy atom. The smallest absolute Gasteiger partial charge is 0.313 e. The third-order valence-corrected chi connectivity index (χ3v) is 3.95. The largest absolute Gasteiger partial charge is 0.388 e. The van der Waals surface area contributed by atoms with Gasteiger partial charge in [0.25, 0.3) is 0 Å². The van der Waals surface area contributed by atoms with E-state index in [2.05, 4.69) is 10.6 Å². The van der Waals surface area contributed by atoms with Crippen LogP contribution in [0.1, 0.15) is 27.2 Å². The zero-order chi connectivity index (χ0) is 16.9. The molecule has 0 aliphatic heterocycles. The number of benzene rings is 1. The van der Waals surface area contributed by atoms with E-state index in [0.717, 1.165) is 12.5 Å². The van der Waals surface area contributed by atoms with Gasteiger partial charge in [-0.3, -0.25) is 9.59 Å². The molecule has 7 heteroatoms. The SMILES string of the molecule is CC[C@@H](C)[C@](C)(O)CNC(=O)C(=O)Nc1ccc(F)c(Cl)c1. The average Bonchev–Trinajstić information content (AvgIpc) is 2.47. The average molecular weight is 331 g/mol. The van der Waals surface area contributed by atoms with E-state index in [1.807, 2.05) is 13.8 Å². The summed E-state index contributed by atoms with van der Waals surface area (Å²) in [6, 6.07) is 3.59. The molecule has 1 rings (SSSR count). The first kappa shape index (κ1) is 18.4. The Bertz CT molecular complexity index is 564. The van der Waals surface area contributed by atoms with Crippen LogP contribution in [0.5, 0.6) is 0 Å². The molecule has 1 aromatic rings. The number of hydrogen-bond donors (Lipinski definition) is 3. The molecule has 1 aromatic carbocycles. The molecule has 0 saturated carbocycles. The molecule has 0 saturated heterocycles. The molecule has 0 radical (unpaired) electrons. The number of amides is 2. The minimum atomic E-state index is -1.11. The van der Waals surface area contributed by atoms with Crippen LogP contribution in [0.2, 0.25) is 5.02 Å². The zero-order valence-corrected chi connectivity index (χ0v) is 13.5. The molecule has 0 fully saturated rings. The van der Waals surface area contributed by atoms with Gasteiger partial charge in [0.15, 0.2) is 0 Å². The molecule has 5 nitrogen and oxygen atoms in total. The second kappa shape index (κ2) is 7.56. The van der Waals surface area contributed by atoms with Gasteiger partial charge in [-0.25, -0.2) is 4.39 Å². The van der Waals surface area contributed by atoms with E-state index in [9.17, 15) is 19.1 Å². The molecule has 0 heterocycles. The highest BCUT2D eigenvalue weighted by Crippen LogP contribution is 2.20. The Kier molecular flexibility index (Phi) is 6.32. The van der Waals surface area contributed by atoms with Gasteiger partial charge in [-0.1, -0.05) is 31.9 Å². The highest BCUT2D eigenvalue weighted by Gasteiger charge is 2.28. The van der Waals surface area contributed by atoms with Gasteiger partial charge in [0.2, 0.25) is 0 Å². The summed E-state index contributed by atoms with van der Waals surface area (Å²) in [6.45, 7) is 5.33. The number of carbonyl (C=O) groups is 2. The summed E-state index contributed by atoms with van der Waals surface area (Å²) in [5, 5.41) is 14.7. The summed E-state index contributed by atoms with van der Waals surface area (Å²) in [6.07, 6.45) is 0.739. The Hall–Kier alpha value is -1.66. The van der Waals surface area contributed by atoms with Crippen LogP contribution in [0, 0.1) is 11.7 Å². The summed E-state index contributed by atoms with van der Waals surface area (Å²) >= 11 is 5.59. The fraction of sp³-hybridized carbons (Fsp3) is 0.467. The maximum Gasteiger partial charge on any atom is 0.313 e. The van der Waals surface area contributed by atoms with Crippen molar-refractivity contribution >= 4 is 29.1 Å². The van der Waals surface area contributed by atoms with Gasteiger partial charge in [-0.15, -0.1) is 0 Å². The van der Waals surface area contributed by atoms with Crippen molar-refractivity contribution < 1.29 is 19.1 Å². The zero-order valence-electron chi connectivity index (χ0n) is 12.7. The highest BCUT2D eigenvalue weighted by atomic mass is 35.5. The lowest BCUT2D eigenvalue weighted by molar-refractivity contribution is -0.137. The van der Waals surface area contributed by atoms with Gasteiger partial charge in [0.1, 0.15) is 5.82 Å². The molecular weight excluding hydrogens is 311 g/mol. The lowest BCUT2D eigenvalue weighted by atomic mass is 9.89. The molecule has 122 valence electrons. The van der Waals surface area contributed by atoms with Crippen molar-refractivity contribution in [2.24, 2.45) is 5.92 Å². The summed E-state index contributed by atoms with van der Waals surface area (Å²) in [7, 11) is 0. The van der Waals surface area contributed by atoms with E-state index in [4.69, 9.17) is 11.6 Å². The Morgan fingerprint density at radius 1 is 1.41 bits per heavy atom. The van der Waals surface area contributed by atoms with Crippen molar-refractivity contribution in [3.63, 3.8) is 0 Å². The van der Waals surface area contributed by atoms with Gasteiger partial charge < -0.3 is 15.7 Å². The molecule has 0 unspecified atom stereocenters. The van der Waals surface area contributed by atoms with Crippen LogP contribution in [0.3, 0.4) is 0 Å². The molecule has 0 aromatic heterocycles. The topological polar surface area (TPSA) is 78.4 Å². The molecule has 0 bridgehead atoms. The minimum absolute atomic E-state index is 0.0354. The molecule has 0 aliphatic rings. The second-order valence-corrected chi connectivity index (χ2v) is 5.84. The van der Waals surface area contributed by atoms with Crippen molar-refractivity contribution in [1.82, 2.24) is 5.32 Å². The number of rotatable bonds is 5. The monoisotopic (exact) mass is 330 g/mol. The molecule has 2 amide bonds. The summed E-state index contributed by atoms with van der Waals surface area (Å²) in [5.41, 5.74) is -0.899. The van der Waals surface area contributed by atoms with Gasteiger partial charge >= 0.3 is 11.8 Å². The number of anilines is 1. The maximum atomic E-state index is 13.0. The summed E-state index contributed by atoms with van der Waals surface area (Å²) < 4.78 is 13.0.